The predicted octanol–water partition coefficient (Wildman–Crippen LogP) is 3.69. The van der Waals surface area contributed by atoms with Crippen LogP contribution in [0.15, 0.2) is 60.8 Å². The van der Waals surface area contributed by atoms with Crippen LogP contribution in [0.3, 0.4) is 0 Å². The Morgan fingerprint density at radius 3 is 2.50 bits per heavy atom. The van der Waals surface area contributed by atoms with E-state index in [1.807, 2.05) is 60.7 Å². The first kappa shape index (κ1) is 16.0. The van der Waals surface area contributed by atoms with Crippen LogP contribution < -0.4 is 0 Å². The van der Waals surface area contributed by atoms with Crippen LogP contribution in [0.25, 0.3) is 6.08 Å². The van der Waals surface area contributed by atoms with E-state index in [0.717, 1.165) is 16.7 Å². The summed E-state index contributed by atoms with van der Waals surface area (Å²) in [7, 11) is 0. The molecule has 1 aliphatic rings. The molecule has 0 N–H and O–H groups in total. The second-order valence-corrected chi connectivity index (χ2v) is 5.74. The van der Waals surface area contributed by atoms with Crippen molar-refractivity contribution in [2.24, 2.45) is 0 Å². The molecule has 1 heterocycles. The Hall–Kier alpha value is -2.88. The Bertz CT molecular complexity index is 767. The summed E-state index contributed by atoms with van der Waals surface area (Å²) < 4.78 is 5.37. The first-order chi connectivity index (χ1) is 11.6. The van der Waals surface area contributed by atoms with Gasteiger partial charge in [-0.05, 0) is 22.8 Å². The number of carbonyl (C=O) groups excluding carboxylic acids is 2. The number of fused-ring (bicyclic) bond motifs is 1. The molecule has 24 heavy (non-hydrogen) atoms. The molecule has 122 valence electrons. The molecular formula is C20H19NO3. The standard InChI is InChI=1S/C20H19NO3/c1-15(22)21-12-11-17-9-5-6-10-18(17)19(21)13-20(23)24-14-16-7-3-2-4-8-16/h2-12,19H,13-14H2,1H3/t19-/m0/s1. The number of esters is 1. The minimum Gasteiger partial charge on any atom is -0.461 e. The molecule has 0 saturated heterocycles. The van der Waals surface area contributed by atoms with Gasteiger partial charge < -0.3 is 9.64 Å². The second-order valence-electron chi connectivity index (χ2n) is 5.74. The van der Waals surface area contributed by atoms with Crippen molar-refractivity contribution in [1.29, 1.82) is 0 Å². The van der Waals surface area contributed by atoms with Crippen molar-refractivity contribution in [2.75, 3.05) is 0 Å². The molecule has 4 nitrogen and oxygen atoms in total. The minimum atomic E-state index is -0.327. The number of benzene rings is 2. The molecule has 0 saturated carbocycles. The lowest BCUT2D eigenvalue weighted by Crippen LogP contribution is -2.32. The number of amides is 1. The Morgan fingerprint density at radius 1 is 1.04 bits per heavy atom. The Balaban J connectivity index is 1.72. The molecule has 0 spiro atoms. The molecular weight excluding hydrogens is 302 g/mol. The molecule has 0 aromatic heterocycles. The van der Waals surface area contributed by atoms with Crippen molar-refractivity contribution < 1.29 is 14.3 Å². The van der Waals surface area contributed by atoms with E-state index in [-0.39, 0.29) is 30.9 Å². The predicted molar refractivity (Wildman–Crippen MR) is 91.6 cm³/mol. The van der Waals surface area contributed by atoms with Crippen LogP contribution in [-0.4, -0.2) is 16.8 Å². The van der Waals surface area contributed by atoms with Crippen LogP contribution in [0, 0.1) is 0 Å². The average Bonchev–Trinajstić information content (AvgIpc) is 2.61. The van der Waals surface area contributed by atoms with Gasteiger partial charge in [-0.15, -0.1) is 0 Å². The zero-order valence-electron chi connectivity index (χ0n) is 13.5. The number of rotatable bonds is 4. The van der Waals surface area contributed by atoms with Gasteiger partial charge in [-0.1, -0.05) is 54.6 Å². The van der Waals surface area contributed by atoms with Gasteiger partial charge in [0.25, 0.3) is 0 Å². The van der Waals surface area contributed by atoms with Crippen molar-refractivity contribution in [3.05, 3.63) is 77.5 Å². The van der Waals surface area contributed by atoms with E-state index in [1.54, 1.807) is 11.1 Å². The maximum Gasteiger partial charge on any atom is 0.308 e. The Labute approximate surface area is 141 Å². The summed E-state index contributed by atoms with van der Waals surface area (Å²) in [5, 5.41) is 0. The summed E-state index contributed by atoms with van der Waals surface area (Å²) in [5.41, 5.74) is 2.93. The summed E-state index contributed by atoms with van der Waals surface area (Å²) in [6.45, 7) is 1.74. The number of hydrogen-bond acceptors (Lipinski definition) is 3. The Kier molecular flexibility index (Phi) is 4.75. The summed E-state index contributed by atoms with van der Waals surface area (Å²) in [6.07, 6.45) is 3.76. The molecule has 0 fully saturated rings. The smallest absolute Gasteiger partial charge is 0.308 e. The largest absolute Gasteiger partial charge is 0.461 e. The van der Waals surface area contributed by atoms with Crippen LogP contribution in [0.2, 0.25) is 0 Å². The normalized spacial score (nSPS) is 15.7. The van der Waals surface area contributed by atoms with Crippen molar-refractivity contribution in [1.82, 2.24) is 4.90 Å². The van der Waals surface area contributed by atoms with Crippen molar-refractivity contribution in [2.45, 2.75) is 26.0 Å². The van der Waals surface area contributed by atoms with Gasteiger partial charge in [0, 0.05) is 13.1 Å². The van der Waals surface area contributed by atoms with Gasteiger partial charge in [0.05, 0.1) is 12.5 Å². The number of hydrogen-bond donors (Lipinski definition) is 0. The Morgan fingerprint density at radius 2 is 1.75 bits per heavy atom. The molecule has 4 heteroatoms. The van der Waals surface area contributed by atoms with E-state index in [1.165, 1.54) is 6.92 Å². The highest BCUT2D eigenvalue weighted by Gasteiger charge is 2.28. The third-order valence-electron chi connectivity index (χ3n) is 4.07. The van der Waals surface area contributed by atoms with Gasteiger partial charge in [0.15, 0.2) is 0 Å². The fourth-order valence-electron chi connectivity index (χ4n) is 2.87. The van der Waals surface area contributed by atoms with Crippen LogP contribution >= 0.6 is 0 Å². The van der Waals surface area contributed by atoms with E-state index in [9.17, 15) is 9.59 Å². The lowest BCUT2D eigenvalue weighted by molar-refractivity contribution is -0.146. The van der Waals surface area contributed by atoms with E-state index in [0.29, 0.717) is 0 Å². The topological polar surface area (TPSA) is 46.6 Å². The quantitative estimate of drug-likeness (QED) is 0.807. The molecule has 0 radical (unpaired) electrons. The summed E-state index contributed by atoms with van der Waals surface area (Å²) in [6, 6.07) is 17.0. The third-order valence-corrected chi connectivity index (χ3v) is 4.07. The first-order valence-corrected chi connectivity index (χ1v) is 7.91. The molecule has 1 aliphatic heterocycles. The highest BCUT2D eigenvalue weighted by atomic mass is 16.5. The number of carbonyl (C=O) groups is 2. The zero-order chi connectivity index (χ0) is 16.9. The van der Waals surface area contributed by atoms with Crippen LogP contribution in [0.5, 0.6) is 0 Å². The van der Waals surface area contributed by atoms with Crippen LogP contribution in [0.1, 0.15) is 36.1 Å². The van der Waals surface area contributed by atoms with Gasteiger partial charge in [-0.3, -0.25) is 9.59 Å². The number of nitrogens with zero attached hydrogens (tertiary/aromatic N) is 1. The van der Waals surface area contributed by atoms with E-state index in [4.69, 9.17) is 4.74 Å². The number of ether oxygens (including phenoxy) is 1. The molecule has 0 unspecified atom stereocenters. The maximum absolute atomic E-state index is 12.3. The van der Waals surface area contributed by atoms with Gasteiger partial charge in [-0.2, -0.15) is 0 Å². The first-order valence-electron chi connectivity index (χ1n) is 7.91. The average molecular weight is 321 g/mol. The highest BCUT2D eigenvalue weighted by Crippen LogP contribution is 2.33. The van der Waals surface area contributed by atoms with Gasteiger partial charge in [0.1, 0.15) is 6.61 Å². The molecule has 1 amide bonds. The van der Waals surface area contributed by atoms with E-state index in [2.05, 4.69) is 0 Å². The fourth-order valence-corrected chi connectivity index (χ4v) is 2.87. The van der Waals surface area contributed by atoms with E-state index >= 15 is 0 Å². The lowest BCUT2D eigenvalue weighted by atomic mass is 9.94. The molecule has 0 bridgehead atoms. The van der Waals surface area contributed by atoms with Gasteiger partial charge in [-0.25, -0.2) is 0 Å². The molecule has 2 aromatic rings. The summed E-state index contributed by atoms with van der Waals surface area (Å²) in [5.74, 6) is -0.415. The summed E-state index contributed by atoms with van der Waals surface area (Å²) >= 11 is 0. The lowest BCUT2D eigenvalue weighted by Gasteiger charge is -2.32. The monoisotopic (exact) mass is 321 g/mol. The SMILES string of the molecule is CC(=O)N1C=Cc2ccccc2[C@@H]1CC(=O)OCc1ccccc1. The van der Waals surface area contributed by atoms with E-state index < -0.39 is 0 Å². The maximum atomic E-state index is 12.3. The molecule has 2 aromatic carbocycles. The molecule has 1 atom stereocenters. The van der Waals surface area contributed by atoms with Gasteiger partial charge in [0.2, 0.25) is 5.91 Å². The van der Waals surface area contributed by atoms with Crippen molar-refractivity contribution >= 4 is 18.0 Å². The second kappa shape index (κ2) is 7.13. The highest BCUT2D eigenvalue weighted by molar-refractivity contribution is 5.80. The zero-order valence-corrected chi connectivity index (χ0v) is 13.5. The molecule has 0 aliphatic carbocycles. The molecule has 3 rings (SSSR count). The van der Waals surface area contributed by atoms with Crippen molar-refractivity contribution in [3.63, 3.8) is 0 Å². The van der Waals surface area contributed by atoms with Crippen LogP contribution in [-0.2, 0) is 20.9 Å². The minimum absolute atomic E-state index is 0.0957. The summed E-state index contributed by atoms with van der Waals surface area (Å²) in [4.78, 5) is 25.8. The van der Waals surface area contributed by atoms with Crippen LogP contribution in [0.4, 0.5) is 0 Å². The van der Waals surface area contributed by atoms with Gasteiger partial charge >= 0.3 is 5.97 Å². The van der Waals surface area contributed by atoms with Crippen molar-refractivity contribution in [3.8, 4) is 0 Å². The fraction of sp³-hybridized carbons (Fsp3) is 0.200. The third kappa shape index (κ3) is 3.54.